The van der Waals surface area contributed by atoms with Gasteiger partial charge in [-0.3, -0.25) is 14.7 Å². The van der Waals surface area contributed by atoms with Gasteiger partial charge in [-0.05, 0) is 62.3 Å². The van der Waals surface area contributed by atoms with Crippen LogP contribution in [0, 0.1) is 5.82 Å². The fourth-order valence-corrected chi connectivity index (χ4v) is 4.00. The summed E-state index contributed by atoms with van der Waals surface area (Å²) in [5, 5.41) is 3.22. The number of nitrogens with two attached hydrogens (primary N) is 2. The molecule has 34 heavy (non-hydrogen) atoms. The Morgan fingerprint density at radius 3 is 2.53 bits per heavy atom. The number of para-hydroxylation sites is 1. The molecule has 2 heterocycles. The summed E-state index contributed by atoms with van der Waals surface area (Å²) in [6.45, 7) is 3.20. The van der Waals surface area contributed by atoms with Gasteiger partial charge in [-0.1, -0.05) is 30.3 Å². The van der Waals surface area contributed by atoms with Crippen LogP contribution in [0.15, 0.2) is 58.4 Å². The van der Waals surface area contributed by atoms with Crippen LogP contribution < -0.4 is 22.3 Å². The van der Waals surface area contributed by atoms with Crippen molar-refractivity contribution < 1.29 is 4.39 Å². The lowest BCUT2D eigenvalue weighted by atomic mass is 10.1. The number of anilines is 1. The quantitative estimate of drug-likeness (QED) is 0.366. The van der Waals surface area contributed by atoms with Gasteiger partial charge in [0.25, 0.3) is 5.56 Å². The molecule has 0 bridgehead atoms. The zero-order chi connectivity index (χ0) is 23.9. The van der Waals surface area contributed by atoms with Crippen molar-refractivity contribution in [2.45, 2.75) is 25.8 Å². The second-order valence-corrected chi connectivity index (χ2v) is 8.33. The van der Waals surface area contributed by atoms with Crippen LogP contribution in [0.1, 0.15) is 24.0 Å². The van der Waals surface area contributed by atoms with Gasteiger partial charge < -0.3 is 16.8 Å². The minimum atomic E-state index is -0.371. The molecule has 0 unspecified atom stereocenters. The van der Waals surface area contributed by atoms with Crippen LogP contribution in [0.2, 0.25) is 0 Å². The van der Waals surface area contributed by atoms with E-state index in [-0.39, 0.29) is 17.3 Å². The van der Waals surface area contributed by atoms with E-state index in [0.29, 0.717) is 48.6 Å². The van der Waals surface area contributed by atoms with Crippen LogP contribution in [0.5, 0.6) is 0 Å². The lowest BCUT2D eigenvalue weighted by molar-refractivity contribution is 0.258. The summed E-state index contributed by atoms with van der Waals surface area (Å²) < 4.78 is 14.9. The van der Waals surface area contributed by atoms with Gasteiger partial charge in [-0.25, -0.2) is 9.37 Å². The van der Waals surface area contributed by atoms with E-state index < -0.39 is 0 Å². The first kappa shape index (κ1) is 23.7. The van der Waals surface area contributed by atoms with E-state index in [1.807, 2.05) is 24.3 Å². The first-order valence-corrected chi connectivity index (χ1v) is 11.5. The molecule has 0 aliphatic carbocycles. The van der Waals surface area contributed by atoms with E-state index in [0.717, 1.165) is 37.2 Å². The molecule has 2 aromatic carbocycles. The van der Waals surface area contributed by atoms with Gasteiger partial charge >= 0.3 is 0 Å². The van der Waals surface area contributed by atoms with Gasteiger partial charge in [0.05, 0.1) is 5.56 Å². The SMILES string of the molecule is NCCCN(CCCN)Cc1ccc(-c2cnc(N=C3Cc4ccccc4N3)[nH]c2=O)cc1F. The standard InChI is InChI=1S/C25H30FN7O/c26-21-13-17(7-8-19(21)16-33(11-3-9-27)12-4-10-28)20-15-29-25(32-24(20)34)31-23-14-18-5-1-2-6-22(18)30-23/h1-2,5-8,13,15H,3-4,9-12,14,16,27-28H2,(H2,29,30,31,32,34). The van der Waals surface area contributed by atoms with E-state index in [2.05, 4.69) is 25.2 Å². The molecule has 8 nitrogen and oxygen atoms in total. The predicted octanol–water partition coefficient (Wildman–Crippen LogP) is 2.77. The maximum Gasteiger partial charge on any atom is 0.260 e. The second kappa shape index (κ2) is 11.1. The van der Waals surface area contributed by atoms with Gasteiger partial charge in [-0.2, -0.15) is 4.99 Å². The molecule has 9 heteroatoms. The number of halogens is 1. The van der Waals surface area contributed by atoms with Crippen LogP contribution >= 0.6 is 0 Å². The highest BCUT2D eigenvalue weighted by Crippen LogP contribution is 2.24. The number of hydrogen-bond acceptors (Lipinski definition) is 6. The number of fused-ring (bicyclic) bond motifs is 1. The number of nitrogens with zero attached hydrogens (tertiary/aromatic N) is 3. The summed E-state index contributed by atoms with van der Waals surface area (Å²) in [6.07, 6.45) is 3.75. The Labute approximate surface area is 197 Å². The number of benzene rings is 2. The van der Waals surface area contributed by atoms with E-state index >= 15 is 0 Å². The minimum Gasteiger partial charge on any atom is -0.343 e. The predicted molar refractivity (Wildman–Crippen MR) is 134 cm³/mol. The van der Waals surface area contributed by atoms with Crippen molar-refractivity contribution in [3.63, 3.8) is 0 Å². The minimum absolute atomic E-state index is 0.205. The van der Waals surface area contributed by atoms with Gasteiger partial charge in [0, 0.05) is 30.4 Å². The topological polar surface area (TPSA) is 125 Å². The number of aromatic nitrogens is 2. The smallest absolute Gasteiger partial charge is 0.260 e. The molecular formula is C25H30FN7O. The third-order valence-electron chi connectivity index (χ3n) is 5.80. The molecule has 0 atom stereocenters. The number of aliphatic imine (C=N–C) groups is 1. The molecule has 178 valence electrons. The van der Waals surface area contributed by atoms with Crippen molar-refractivity contribution in [2.24, 2.45) is 16.5 Å². The van der Waals surface area contributed by atoms with Crippen LogP contribution in [0.4, 0.5) is 16.0 Å². The molecule has 0 saturated carbocycles. The van der Waals surface area contributed by atoms with Crippen molar-refractivity contribution in [1.29, 1.82) is 0 Å². The lowest BCUT2D eigenvalue weighted by Crippen LogP contribution is -2.28. The number of H-pyrrole nitrogens is 1. The van der Waals surface area contributed by atoms with Crippen LogP contribution in [-0.4, -0.2) is 46.9 Å². The maximum absolute atomic E-state index is 14.9. The molecule has 0 spiro atoms. The highest BCUT2D eigenvalue weighted by molar-refractivity contribution is 6.03. The normalized spacial score (nSPS) is 13.9. The molecule has 4 rings (SSSR count). The van der Waals surface area contributed by atoms with Gasteiger partial charge in [0.2, 0.25) is 5.95 Å². The highest BCUT2D eigenvalue weighted by atomic mass is 19.1. The summed E-state index contributed by atoms with van der Waals surface area (Å²) in [4.78, 5) is 26.2. The second-order valence-electron chi connectivity index (χ2n) is 8.33. The Balaban J connectivity index is 1.48. The number of amidine groups is 1. The Morgan fingerprint density at radius 2 is 1.85 bits per heavy atom. The van der Waals surface area contributed by atoms with E-state index in [1.165, 1.54) is 12.3 Å². The van der Waals surface area contributed by atoms with Crippen molar-refractivity contribution >= 4 is 17.5 Å². The first-order valence-electron chi connectivity index (χ1n) is 11.5. The van der Waals surface area contributed by atoms with Gasteiger partial charge in [0.1, 0.15) is 11.7 Å². The van der Waals surface area contributed by atoms with Crippen molar-refractivity contribution in [3.8, 4) is 11.1 Å². The summed E-state index contributed by atoms with van der Waals surface area (Å²) in [7, 11) is 0. The molecule has 1 aromatic heterocycles. The Kier molecular flexibility index (Phi) is 7.79. The molecule has 1 aliphatic heterocycles. The van der Waals surface area contributed by atoms with Crippen LogP contribution in [-0.2, 0) is 13.0 Å². The highest BCUT2D eigenvalue weighted by Gasteiger charge is 2.16. The largest absolute Gasteiger partial charge is 0.343 e. The van der Waals surface area contributed by atoms with Crippen molar-refractivity contribution in [3.05, 3.63) is 76.0 Å². The molecule has 0 radical (unpaired) electrons. The van der Waals surface area contributed by atoms with Crippen molar-refractivity contribution in [2.75, 3.05) is 31.5 Å². The number of aromatic amines is 1. The fraction of sp³-hybridized carbons (Fsp3) is 0.320. The number of hydrogen-bond donors (Lipinski definition) is 4. The Hall–Kier alpha value is -3.40. The van der Waals surface area contributed by atoms with Crippen molar-refractivity contribution in [1.82, 2.24) is 14.9 Å². The third-order valence-corrected chi connectivity index (χ3v) is 5.80. The molecular weight excluding hydrogens is 433 g/mol. The fourth-order valence-electron chi connectivity index (χ4n) is 4.00. The summed E-state index contributed by atoms with van der Waals surface area (Å²) in [5.41, 5.74) is 14.4. The molecule has 3 aromatic rings. The molecule has 0 amide bonds. The van der Waals surface area contributed by atoms with Gasteiger partial charge in [0.15, 0.2) is 0 Å². The average Bonchev–Trinajstić information content (AvgIpc) is 3.24. The number of rotatable bonds is 10. The molecule has 0 fully saturated rings. The van der Waals surface area contributed by atoms with E-state index in [4.69, 9.17) is 11.5 Å². The summed E-state index contributed by atoms with van der Waals surface area (Å²) in [5.74, 6) is 0.553. The van der Waals surface area contributed by atoms with E-state index in [1.54, 1.807) is 12.1 Å². The summed E-state index contributed by atoms with van der Waals surface area (Å²) in [6, 6.07) is 12.8. The van der Waals surface area contributed by atoms with Crippen LogP contribution in [0.25, 0.3) is 11.1 Å². The zero-order valence-electron chi connectivity index (χ0n) is 19.1. The molecule has 6 N–H and O–H groups in total. The van der Waals surface area contributed by atoms with E-state index in [9.17, 15) is 9.18 Å². The molecule has 1 aliphatic rings. The first-order chi connectivity index (χ1) is 16.6. The average molecular weight is 464 g/mol. The number of nitrogens with one attached hydrogen (secondary N) is 2. The molecule has 0 saturated heterocycles. The van der Waals surface area contributed by atoms with Crippen LogP contribution in [0.3, 0.4) is 0 Å². The Bertz CT molecular complexity index is 1190. The van der Waals surface area contributed by atoms with Gasteiger partial charge in [-0.15, -0.1) is 0 Å². The monoisotopic (exact) mass is 463 g/mol. The maximum atomic E-state index is 14.9. The lowest BCUT2D eigenvalue weighted by Gasteiger charge is -2.22. The zero-order valence-corrected chi connectivity index (χ0v) is 19.1. The third kappa shape index (κ3) is 5.74. The Morgan fingerprint density at radius 1 is 1.09 bits per heavy atom. The summed E-state index contributed by atoms with van der Waals surface area (Å²) >= 11 is 0.